The van der Waals surface area contributed by atoms with Gasteiger partial charge in [0.05, 0.1) is 5.25 Å². The van der Waals surface area contributed by atoms with E-state index in [1.54, 1.807) is 6.20 Å². The lowest BCUT2D eigenvalue weighted by molar-refractivity contribution is 0.0994. The van der Waals surface area contributed by atoms with E-state index in [2.05, 4.69) is 20.2 Å². The molecule has 0 aliphatic rings. The number of hydrogen-bond donors (Lipinski definition) is 1. The molecule has 6 heteroatoms. The molecule has 0 amide bonds. The molecule has 22 heavy (non-hydrogen) atoms. The molecule has 2 aromatic heterocycles. The SMILES string of the molecule is CC(Sc1n[nH]c(-c2ccccn2)n1)C(=O)c1ccccc1. The molecule has 0 aliphatic heterocycles. The van der Waals surface area contributed by atoms with Gasteiger partial charge in [0.15, 0.2) is 11.6 Å². The number of benzene rings is 1. The predicted molar refractivity (Wildman–Crippen MR) is 85.7 cm³/mol. The van der Waals surface area contributed by atoms with Crippen LogP contribution in [0.15, 0.2) is 59.9 Å². The number of aromatic nitrogens is 4. The third kappa shape index (κ3) is 3.23. The summed E-state index contributed by atoms with van der Waals surface area (Å²) in [4.78, 5) is 20.9. The second-order valence-corrected chi connectivity index (χ2v) is 5.98. The van der Waals surface area contributed by atoms with Crippen LogP contribution in [-0.2, 0) is 0 Å². The van der Waals surface area contributed by atoms with Crippen molar-refractivity contribution in [1.82, 2.24) is 20.2 Å². The Labute approximate surface area is 132 Å². The van der Waals surface area contributed by atoms with Crippen molar-refractivity contribution in [1.29, 1.82) is 0 Å². The highest BCUT2D eigenvalue weighted by Crippen LogP contribution is 2.24. The Kier molecular flexibility index (Phi) is 4.29. The van der Waals surface area contributed by atoms with E-state index in [0.717, 1.165) is 5.69 Å². The maximum absolute atomic E-state index is 12.3. The Morgan fingerprint density at radius 2 is 1.91 bits per heavy atom. The van der Waals surface area contributed by atoms with Gasteiger partial charge in [-0.1, -0.05) is 48.2 Å². The second-order valence-electron chi connectivity index (χ2n) is 4.67. The second kappa shape index (κ2) is 6.53. The third-order valence-electron chi connectivity index (χ3n) is 3.08. The van der Waals surface area contributed by atoms with Gasteiger partial charge in [0, 0.05) is 11.8 Å². The number of rotatable bonds is 5. The van der Waals surface area contributed by atoms with E-state index in [4.69, 9.17) is 0 Å². The highest BCUT2D eigenvalue weighted by atomic mass is 32.2. The first-order valence-electron chi connectivity index (χ1n) is 6.84. The molecule has 1 atom stereocenters. The zero-order valence-electron chi connectivity index (χ0n) is 11.9. The van der Waals surface area contributed by atoms with E-state index in [0.29, 0.717) is 16.5 Å². The lowest BCUT2D eigenvalue weighted by atomic mass is 10.1. The van der Waals surface area contributed by atoms with Crippen LogP contribution < -0.4 is 0 Å². The Morgan fingerprint density at radius 1 is 1.14 bits per heavy atom. The molecule has 5 nitrogen and oxygen atoms in total. The number of H-pyrrole nitrogens is 1. The molecule has 0 saturated heterocycles. The van der Waals surface area contributed by atoms with E-state index in [1.165, 1.54) is 11.8 Å². The number of nitrogens with zero attached hydrogens (tertiary/aromatic N) is 3. The van der Waals surface area contributed by atoms with Gasteiger partial charge in [-0.3, -0.25) is 14.9 Å². The van der Waals surface area contributed by atoms with Gasteiger partial charge in [-0.05, 0) is 19.1 Å². The summed E-state index contributed by atoms with van der Waals surface area (Å²) < 4.78 is 0. The minimum absolute atomic E-state index is 0.0646. The van der Waals surface area contributed by atoms with Gasteiger partial charge in [-0.25, -0.2) is 0 Å². The Balaban J connectivity index is 1.71. The molecular formula is C16H14N4OS. The van der Waals surface area contributed by atoms with Crippen LogP contribution in [0.5, 0.6) is 0 Å². The first-order chi connectivity index (χ1) is 10.7. The first-order valence-corrected chi connectivity index (χ1v) is 7.72. The lowest BCUT2D eigenvalue weighted by Crippen LogP contribution is -2.13. The molecular weight excluding hydrogens is 296 g/mol. The number of aromatic amines is 1. The molecule has 0 radical (unpaired) electrons. The van der Waals surface area contributed by atoms with E-state index >= 15 is 0 Å². The van der Waals surface area contributed by atoms with Crippen molar-refractivity contribution in [2.45, 2.75) is 17.3 Å². The van der Waals surface area contributed by atoms with Crippen LogP contribution in [0.3, 0.4) is 0 Å². The molecule has 0 saturated carbocycles. The molecule has 3 aromatic rings. The number of nitrogens with one attached hydrogen (secondary N) is 1. The number of carbonyl (C=O) groups is 1. The fourth-order valence-corrected chi connectivity index (χ4v) is 2.77. The molecule has 3 rings (SSSR count). The number of pyridine rings is 1. The number of hydrogen-bond acceptors (Lipinski definition) is 5. The monoisotopic (exact) mass is 310 g/mol. The smallest absolute Gasteiger partial charge is 0.209 e. The van der Waals surface area contributed by atoms with Crippen molar-refractivity contribution in [3.05, 3.63) is 60.3 Å². The summed E-state index contributed by atoms with van der Waals surface area (Å²) in [6.07, 6.45) is 1.70. The largest absolute Gasteiger partial charge is 0.293 e. The summed E-state index contributed by atoms with van der Waals surface area (Å²) >= 11 is 1.33. The van der Waals surface area contributed by atoms with Gasteiger partial charge in [0.1, 0.15) is 5.69 Å². The minimum atomic E-state index is -0.255. The lowest BCUT2D eigenvalue weighted by Gasteiger charge is -2.07. The summed E-state index contributed by atoms with van der Waals surface area (Å²) in [7, 11) is 0. The van der Waals surface area contributed by atoms with Crippen LogP contribution >= 0.6 is 11.8 Å². The summed E-state index contributed by atoms with van der Waals surface area (Å²) in [5.41, 5.74) is 1.42. The Morgan fingerprint density at radius 3 is 2.64 bits per heavy atom. The van der Waals surface area contributed by atoms with E-state index in [9.17, 15) is 4.79 Å². The zero-order valence-corrected chi connectivity index (χ0v) is 12.7. The zero-order chi connectivity index (χ0) is 15.4. The van der Waals surface area contributed by atoms with Crippen LogP contribution in [-0.4, -0.2) is 31.2 Å². The Hall–Kier alpha value is -2.47. The van der Waals surface area contributed by atoms with E-state index in [1.807, 2.05) is 55.5 Å². The molecule has 110 valence electrons. The van der Waals surface area contributed by atoms with Crippen LogP contribution in [0.2, 0.25) is 0 Å². The number of Topliss-reactive ketones (excluding diaryl/α,β-unsaturated/α-hetero) is 1. The fourth-order valence-electron chi connectivity index (χ4n) is 1.97. The quantitative estimate of drug-likeness (QED) is 0.578. The van der Waals surface area contributed by atoms with E-state index < -0.39 is 0 Å². The average Bonchev–Trinajstić information content (AvgIpc) is 3.04. The number of ketones is 1. The number of carbonyl (C=O) groups excluding carboxylic acids is 1. The summed E-state index contributed by atoms with van der Waals surface area (Å²) in [6, 6.07) is 14.8. The third-order valence-corrected chi connectivity index (χ3v) is 4.04. The van der Waals surface area contributed by atoms with Gasteiger partial charge in [-0.2, -0.15) is 4.98 Å². The van der Waals surface area contributed by atoms with E-state index in [-0.39, 0.29) is 11.0 Å². The topological polar surface area (TPSA) is 71.5 Å². The maximum Gasteiger partial charge on any atom is 0.209 e. The van der Waals surface area contributed by atoms with Crippen molar-refractivity contribution in [3.8, 4) is 11.5 Å². The van der Waals surface area contributed by atoms with Gasteiger partial charge in [0.25, 0.3) is 0 Å². The molecule has 1 unspecified atom stereocenters. The first kappa shape index (κ1) is 14.5. The average molecular weight is 310 g/mol. The highest BCUT2D eigenvalue weighted by molar-refractivity contribution is 8.00. The summed E-state index contributed by atoms with van der Waals surface area (Å²) in [5.74, 6) is 0.664. The van der Waals surface area contributed by atoms with Crippen LogP contribution in [0.25, 0.3) is 11.5 Å². The van der Waals surface area contributed by atoms with Crippen molar-refractivity contribution >= 4 is 17.5 Å². The fraction of sp³-hybridized carbons (Fsp3) is 0.125. The molecule has 0 aliphatic carbocycles. The number of thioether (sulfide) groups is 1. The van der Waals surface area contributed by atoms with Crippen molar-refractivity contribution < 1.29 is 4.79 Å². The predicted octanol–water partition coefficient (Wildman–Crippen LogP) is 3.23. The van der Waals surface area contributed by atoms with Crippen molar-refractivity contribution in [2.24, 2.45) is 0 Å². The normalized spacial score (nSPS) is 12.0. The summed E-state index contributed by atoms with van der Waals surface area (Å²) in [5, 5.41) is 7.28. The molecule has 1 aromatic carbocycles. The standard InChI is InChI=1S/C16H14N4OS/c1-11(14(21)12-7-3-2-4-8-12)22-16-18-15(19-20-16)13-9-5-6-10-17-13/h2-11H,1H3,(H,18,19,20). The molecule has 2 heterocycles. The molecule has 0 bridgehead atoms. The van der Waals surface area contributed by atoms with Gasteiger partial charge in [-0.15, -0.1) is 5.10 Å². The molecule has 0 spiro atoms. The maximum atomic E-state index is 12.3. The highest BCUT2D eigenvalue weighted by Gasteiger charge is 2.18. The van der Waals surface area contributed by atoms with Crippen LogP contribution in [0.4, 0.5) is 0 Å². The van der Waals surface area contributed by atoms with Gasteiger partial charge >= 0.3 is 0 Å². The van der Waals surface area contributed by atoms with Crippen molar-refractivity contribution in [2.75, 3.05) is 0 Å². The van der Waals surface area contributed by atoms with Gasteiger partial charge < -0.3 is 0 Å². The van der Waals surface area contributed by atoms with Crippen LogP contribution in [0, 0.1) is 0 Å². The molecule has 0 fully saturated rings. The summed E-state index contributed by atoms with van der Waals surface area (Å²) in [6.45, 7) is 1.86. The molecule has 1 N–H and O–H groups in total. The van der Waals surface area contributed by atoms with Gasteiger partial charge in [0.2, 0.25) is 5.16 Å². The van der Waals surface area contributed by atoms with Crippen molar-refractivity contribution in [3.63, 3.8) is 0 Å². The Bertz CT molecular complexity index is 758. The van der Waals surface area contributed by atoms with Crippen LogP contribution in [0.1, 0.15) is 17.3 Å². The minimum Gasteiger partial charge on any atom is -0.293 e.